The van der Waals surface area contributed by atoms with Crippen LogP contribution in [0.1, 0.15) is 17.5 Å². The van der Waals surface area contributed by atoms with Crippen molar-refractivity contribution in [3.63, 3.8) is 0 Å². The van der Waals surface area contributed by atoms with Gasteiger partial charge in [-0.15, -0.1) is 0 Å². The van der Waals surface area contributed by atoms with E-state index in [4.69, 9.17) is 0 Å². The minimum atomic E-state index is -4.70. The number of aryl methyl sites for hydroxylation is 1. The molecule has 204 valence electrons. The molecule has 39 heavy (non-hydrogen) atoms. The second-order valence-electron chi connectivity index (χ2n) is 8.78. The lowest BCUT2D eigenvalue weighted by molar-refractivity contribution is -0.385. The first kappa shape index (κ1) is 28.1. The van der Waals surface area contributed by atoms with Crippen molar-refractivity contribution in [1.29, 1.82) is 0 Å². The van der Waals surface area contributed by atoms with Crippen molar-refractivity contribution >= 4 is 26.5 Å². The van der Waals surface area contributed by atoms with Gasteiger partial charge in [-0.05, 0) is 54.3 Å². The summed E-state index contributed by atoms with van der Waals surface area (Å²) in [5.41, 5.74) is -0.0724. The predicted octanol–water partition coefficient (Wildman–Crippen LogP) is 5.33. The topological polar surface area (TPSA) is 114 Å². The van der Waals surface area contributed by atoms with E-state index in [0.717, 1.165) is 23.3 Å². The van der Waals surface area contributed by atoms with Gasteiger partial charge in [0, 0.05) is 48.4 Å². The lowest BCUT2D eigenvalue weighted by atomic mass is 10.0. The van der Waals surface area contributed by atoms with Gasteiger partial charge in [0.05, 0.1) is 15.4 Å². The number of fused-ring (bicyclic) bond motifs is 1. The highest BCUT2D eigenvalue weighted by Crippen LogP contribution is 2.35. The minimum absolute atomic E-state index is 0.0322. The summed E-state index contributed by atoms with van der Waals surface area (Å²) >= 11 is 0. The van der Waals surface area contributed by atoms with Crippen molar-refractivity contribution in [2.45, 2.75) is 23.9 Å². The molecular formula is C27H25F3N4O4S. The number of sulfonamides is 1. The molecule has 0 spiro atoms. The molecule has 0 bridgehead atoms. The summed E-state index contributed by atoms with van der Waals surface area (Å²) in [6, 6.07) is 17.3. The lowest BCUT2D eigenvalue weighted by Gasteiger charge is -2.13. The molecule has 0 saturated heterocycles. The minimum Gasteiger partial charge on any atom is -0.315 e. The van der Waals surface area contributed by atoms with Gasteiger partial charge in [-0.1, -0.05) is 36.4 Å². The highest BCUT2D eigenvalue weighted by atomic mass is 32.2. The van der Waals surface area contributed by atoms with Crippen molar-refractivity contribution in [3.05, 3.63) is 100 Å². The van der Waals surface area contributed by atoms with Gasteiger partial charge in [0.25, 0.3) is 5.69 Å². The number of benzene rings is 3. The second kappa shape index (κ2) is 11.9. The summed E-state index contributed by atoms with van der Waals surface area (Å²) in [5.74, 6) is 0. The van der Waals surface area contributed by atoms with Crippen LogP contribution in [0, 0.1) is 10.1 Å². The van der Waals surface area contributed by atoms with E-state index in [1.54, 1.807) is 18.3 Å². The number of aromatic nitrogens is 1. The number of nitro groups is 1. The number of nitrogens with one attached hydrogen (secondary N) is 2. The van der Waals surface area contributed by atoms with Crippen LogP contribution in [0.3, 0.4) is 0 Å². The van der Waals surface area contributed by atoms with Crippen molar-refractivity contribution in [2.75, 3.05) is 19.6 Å². The van der Waals surface area contributed by atoms with Crippen LogP contribution in [0.4, 0.5) is 18.9 Å². The van der Waals surface area contributed by atoms with Gasteiger partial charge in [0.2, 0.25) is 10.0 Å². The molecule has 4 rings (SSSR count). The molecular weight excluding hydrogens is 533 g/mol. The average molecular weight is 559 g/mol. The normalized spacial score (nSPS) is 12.1. The first-order chi connectivity index (χ1) is 18.6. The Bertz CT molecular complexity index is 1580. The average Bonchev–Trinajstić information content (AvgIpc) is 2.91. The lowest BCUT2D eigenvalue weighted by Crippen LogP contribution is -2.32. The van der Waals surface area contributed by atoms with E-state index >= 15 is 0 Å². The summed E-state index contributed by atoms with van der Waals surface area (Å²) < 4.78 is 69.0. The third-order valence-electron chi connectivity index (χ3n) is 6.11. The van der Waals surface area contributed by atoms with E-state index in [1.165, 1.54) is 6.20 Å². The zero-order chi connectivity index (χ0) is 28.0. The smallest absolute Gasteiger partial charge is 0.315 e. The van der Waals surface area contributed by atoms with Crippen LogP contribution in [0.5, 0.6) is 0 Å². The van der Waals surface area contributed by atoms with Crippen molar-refractivity contribution in [1.82, 2.24) is 15.0 Å². The van der Waals surface area contributed by atoms with Gasteiger partial charge in [-0.3, -0.25) is 15.1 Å². The Morgan fingerprint density at radius 1 is 0.923 bits per heavy atom. The first-order valence-corrected chi connectivity index (χ1v) is 13.5. The molecule has 0 aliphatic rings. The fraction of sp³-hybridized carbons (Fsp3) is 0.222. The summed E-state index contributed by atoms with van der Waals surface area (Å²) in [6.45, 7) is 0.646. The Labute approximate surface area is 223 Å². The van der Waals surface area contributed by atoms with E-state index in [0.29, 0.717) is 29.8 Å². The van der Waals surface area contributed by atoms with E-state index in [9.17, 15) is 31.7 Å². The van der Waals surface area contributed by atoms with Gasteiger partial charge in [0.15, 0.2) is 0 Å². The van der Waals surface area contributed by atoms with Crippen molar-refractivity contribution in [2.24, 2.45) is 0 Å². The van der Waals surface area contributed by atoms with Crippen molar-refractivity contribution < 1.29 is 26.5 Å². The van der Waals surface area contributed by atoms with E-state index in [2.05, 4.69) is 15.0 Å². The number of halogens is 3. The maximum Gasteiger partial charge on any atom is 0.416 e. The highest BCUT2D eigenvalue weighted by molar-refractivity contribution is 7.89. The molecule has 0 saturated carbocycles. The Balaban J connectivity index is 1.35. The van der Waals surface area contributed by atoms with Crippen LogP contribution in [-0.2, 0) is 22.6 Å². The fourth-order valence-electron chi connectivity index (χ4n) is 4.23. The largest absolute Gasteiger partial charge is 0.416 e. The Hall–Kier alpha value is -3.87. The maximum atomic E-state index is 13.3. The van der Waals surface area contributed by atoms with Gasteiger partial charge in [-0.2, -0.15) is 13.2 Å². The molecule has 0 aliphatic heterocycles. The third kappa shape index (κ3) is 6.96. The molecule has 0 fully saturated rings. The molecule has 4 aromatic rings. The number of pyridine rings is 1. The number of nitrogens with zero attached hydrogens (tertiary/aromatic N) is 2. The highest BCUT2D eigenvalue weighted by Gasteiger charge is 2.34. The van der Waals surface area contributed by atoms with E-state index < -0.39 is 32.4 Å². The van der Waals surface area contributed by atoms with Crippen LogP contribution in [0.2, 0.25) is 0 Å². The van der Waals surface area contributed by atoms with Gasteiger partial charge >= 0.3 is 6.18 Å². The predicted molar refractivity (Wildman–Crippen MR) is 142 cm³/mol. The number of non-ortho nitro benzene ring substituents is 1. The zero-order valence-electron chi connectivity index (χ0n) is 20.6. The summed E-state index contributed by atoms with van der Waals surface area (Å²) in [4.78, 5) is 14.2. The Morgan fingerprint density at radius 2 is 1.69 bits per heavy atom. The molecule has 1 aromatic heterocycles. The zero-order valence-corrected chi connectivity index (χ0v) is 21.4. The van der Waals surface area contributed by atoms with Gasteiger partial charge in [0.1, 0.15) is 0 Å². The summed E-state index contributed by atoms with van der Waals surface area (Å²) in [5, 5.41) is 15.1. The monoisotopic (exact) mass is 558 g/mol. The van der Waals surface area contributed by atoms with Crippen molar-refractivity contribution in [3.8, 4) is 11.1 Å². The van der Waals surface area contributed by atoms with E-state index in [-0.39, 0.29) is 30.0 Å². The number of nitro benzene ring substituents is 1. The van der Waals surface area contributed by atoms with E-state index in [1.807, 2.05) is 36.4 Å². The second-order valence-corrected chi connectivity index (χ2v) is 10.5. The van der Waals surface area contributed by atoms with Crippen LogP contribution in [-0.4, -0.2) is 38.0 Å². The maximum absolute atomic E-state index is 13.3. The number of hydrogen-bond donors (Lipinski definition) is 2. The van der Waals surface area contributed by atoms with Crippen LogP contribution < -0.4 is 10.0 Å². The molecule has 12 heteroatoms. The third-order valence-corrected chi connectivity index (χ3v) is 7.62. The molecule has 3 aromatic carbocycles. The molecule has 0 atom stereocenters. The van der Waals surface area contributed by atoms with Gasteiger partial charge < -0.3 is 5.32 Å². The number of rotatable bonds is 11. The standard InChI is InChI=1S/C27H25F3N4O4S/c28-27(29,30)25-17-23(34(35)36)9-8-20(25)7-4-11-31-13-14-33-39(37,38)26-16-21(19-5-2-1-3-6-19)15-22-18-32-12-10-24(22)26/h1-3,5-6,8-10,12,15-18,31,33H,4,7,11,13-14H2. The van der Waals surface area contributed by atoms with Crippen LogP contribution in [0.15, 0.2) is 84.0 Å². The fourth-order valence-corrected chi connectivity index (χ4v) is 5.52. The molecule has 0 unspecified atom stereocenters. The Morgan fingerprint density at radius 3 is 2.41 bits per heavy atom. The molecule has 0 radical (unpaired) electrons. The molecule has 0 amide bonds. The number of alkyl halides is 3. The first-order valence-electron chi connectivity index (χ1n) is 12.0. The van der Waals surface area contributed by atoms with Crippen LogP contribution >= 0.6 is 0 Å². The molecule has 2 N–H and O–H groups in total. The summed E-state index contributed by atoms with van der Waals surface area (Å²) in [6.07, 6.45) is -1.19. The Kier molecular flexibility index (Phi) is 8.58. The molecule has 8 nitrogen and oxygen atoms in total. The quantitative estimate of drug-likeness (QED) is 0.146. The molecule has 0 aliphatic carbocycles. The van der Waals surface area contributed by atoms with Crippen LogP contribution in [0.25, 0.3) is 21.9 Å². The van der Waals surface area contributed by atoms with Gasteiger partial charge in [-0.25, -0.2) is 13.1 Å². The molecule has 1 heterocycles. The number of hydrogen-bond acceptors (Lipinski definition) is 6. The SMILES string of the molecule is O=[N+]([O-])c1ccc(CCCNCCNS(=O)(=O)c2cc(-c3ccccc3)cc3cnccc23)c(C(F)(F)F)c1. The summed E-state index contributed by atoms with van der Waals surface area (Å²) in [7, 11) is -3.88.